The van der Waals surface area contributed by atoms with E-state index in [-0.39, 0.29) is 5.79 Å². The molecule has 23 heavy (non-hydrogen) atoms. The highest BCUT2D eigenvalue weighted by molar-refractivity contribution is 6.31. The van der Waals surface area contributed by atoms with Crippen LogP contribution in [0.3, 0.4) is 0 Å². The number of fused-ring (bicyclic) bond motifs is 1. The molecule has 4 rings (SSSR count). The lowest BCUT2D eigenvalue weighted by Crippen LogP contribution is -2.45. The van der Waals surface area contributed by atoms with Crippen molar-refractivity contribution in [1.82, 2.24) is 14.7 Å². The van der Waals surface area contributed by atoms with E-state index in [1.54, 1.807) is 6.07 Å². The molecule has 0 bridgehead atoms. The first-order valence-corrected chi connectivity index (χ1v) is 8.13. The quantitative estimate of drug-likeness (QED) is 0.844. The fourth-order valence-corrected chi connectivity index (χ4v) is 3.52. The largest absolute Gasteiger partial charge is 0.347 e. The van der Waals surface area contributed by atoms with Crippen LogP contribution in [0.15, 0.2) is 18.2 Å². The molecule has 1 spiro atoms. The smallest absolute Gasteiger partial charge is 0.170 e. The maximum absolute atomic E-state index is 9.27. The van der Waals surface area contributed by atoms with Gasteiger partial charge in [0, 0.05) is 36.3 Å². The molecule has 0 unspecified atom stereocenters. The van der Waals surface area contributed by atoms with Gasteiger partial charge in [-0.3, -0.25) is 4.90 Å². The zero-order valence-corrected chi connectivity index (χ0v) is 13.4. The topological polar surface area (TPSA) is 63.3 Å². The highest BCUT2D eigenvalue weighted by atomic mass is 35.5. The molecule has 0 radical (unpaired) electrons. The van der Waals surface area contributed by atoms with E-state index in [9.17, 15) is 5.26 Å². The molecule has 0 amide bonds. The molecule has 3 heterocycles. The fourth-order valence-electron chi connectivity index (χ4n) is 3.35. The third-order valence-corrected chi connectivity index (χ3v) is 4.82. The van der Waals surface area contributed by atoms with Gasteiger partial charge in [-0.25, -0.2) is 4.68 Å². The van der Waals surface area contributed by atoms with E-state index in [4.69, 9.17) is 21.1 Å². The summed E-state index contributed by atoms with van der Waals surface area (Å²) < 4.78 is 13.4. The number of hydrogen-bond acceptors (Lipinski definition) is 5. The van der Waals surface area contributed by atoms with E-state index in [1.165, 1.54) is 0 Å². The van der Waals surface area contributed by atoms with Crippen LogP contribution in [-0.4, -0.2) is 46.8 Å². The van der Waals surface area contributed by atoms with E-state index in [0.717, 1.165) is 36.8 Å². The summed E-state index contributed by atoms with van der Waals surface area (Å²) in [7, 11) is 0. The van der Waals surface area contributed by atoms with Crippen LogP contribution in [0, 0.1) is 11.3 Å². The highest BCUT2D eigenvalue weighted by Crippen LogP contribution is 2.31. The molecule has 2 aliphatic heterocycles. The van der Waals surface area contributed by atoms with Gasteiger partial charge in [-0.05, 0) is 18.2 Å². The Morgan fingerprint density at radius 1 is 1.26 bits per heavy atom. The van der Waals surface area contributed by atoms with Crippen molar-refractivity contribution in [2.45, 2.75) is 25.3 Å². The van der Waals surface area contributed by atoms with Crippen molar-refractivity contribution >= 4 is 22.5 Å². The second-order valence-corrected chi connectivity index (χ2v) is 6.42. The minimum Gasteiger partial charge on any atom is -0.347 e. The minimum absolute atomic E-state index is 0.367. The number of aromatic nitrogens is 2. The predicted octanol–water partition coefficient (Wildman–Crippen LogP) is 2.36. The molecular weight excluding hydrogens is 316 g/mol. The van der Waals surface area contributed by atoms with Crippen molar-refractivity contribution < 1.29 is 9.47 Å². The molecule has 0 aliphatic carbocycles. The van der Waals surface area contributed by atoms with Gasteiger partial charge in [0.2, 0.25) is 0 Å². The maximum Gasteiger partial charge on any atom is 0.170 e. The number of nitrogens with zero attached hydrogens (tertiary/aromatic N) is 4. The number of likely N-dealkylation sites (tertiary alicyclic amines) is 1. The average molecular weight is 333 g/mol. The first-order valence-electron chi connectivity index (χ1n) is 7.76. The molecule has 120 valence electrons. The van der Waals surface area contributed by atoms with Crippen LogP contribution in [0.4, 0.5) is 0 Å². The Hall–Kier alpha value is -1.65. The molecule has 2 saturated heterocycles. The molecule has 2 fully saturated rings. The lowest BCUT2D eigenvalue weighted by molar-refractivity contribution is -0.187. The van der Waals surface area contributed by atoms with Crippen LogP contribution in [0.5, 0.6) is 0 Å². The van der Waals surface area contributed by atoms with Crippen LogP contribution < -0.4 is 0 Å². The van der Waals surface area contributed by atoms with Crippen molar-refractivity contribution in [3.8, 4) is 6.07 Å². The summed E-state index contributed by atoms with van der Waals surface area (Å²) in [6.07, 6.45) is 1.73. The van der Waals surface area contributed by atoms with Gasteiger partial charge >= 0.3 is 0 Å². The second-order valence-electron chi connectivity index (χ2n) is 5.99. The van der Waals surface area contributed by atoms with Gasteiger partial charge in [-0.2, -0.15) is 10.4 Å². The monoisotopic (exact) mass is 332 g/mol. The van der Waals surface area contributed by atoms with Crippen LogP contribution in [0.2, 0.25) is 5.02 Å². The van der Waals surface area contributed by atoms with E-state index >= 15 is 0 Å². The number of benzene rings is 1. The molecular formula is C16H17ClN4O2. The van der Waals surface area contributed by atoms with Gasteiger partial charge in [0.15, 0.2) is 11.5 Å². The molecule has 0 saturated carbocycles. The number of halogens is 1. The first-order chi connectivity index (χ1) is 11.2. The van der Waals surface area contributed by atoms with Crippen molar-refractivity contribution in [2.75, 3.05) is 26.3 Å². The Balaban J connectivity index is 1.53. The third-order valence-electron chi connectivity index (χ3n) is 4.58. The molecule has 0 N–H and O–H groups in total. The highest BCUT2D eigenvalue weighted by Gasteiger charge is 2.39. The van der Waals surface area contributed by atoms with Gasteiger partial charge in [-0.15, -0.1) is 0 Å². The van der Waals surface area contributed by atoms with E-state index in [1.807, 2.05) is 16.8 Å². The number of hydrogen-bond donors (Lipinski definition) is 0. The molecule has 2 aromatic rings. The number of ether oxygens (including phenoxy) is 2. The van der Waals surface area contributed by atoms with Crippen LogP contribution in [0.25, 0.3) is 10.9 Å². The third kappa shape index (κ3) is 2.70. The van der Waals surface area contributed by atoms with Crippen LogP contribution in [0.1, 0.15) is 18.5 Å². The zero-order chi connectivity index (χ0) is 15.9. The summed E-state index contributed by atoms with van der Waals surface area (Å²) >= 11 is 6.03. The van der Waals surface area contributed by atoms with Crippen molar-refractivity contribution in [1.29, 1.82) is 5.26 Å². The van der Waals surface area contributed by atoms with Crippen molar-refractivity contribution in [3.63, 3.8) is 0 Å². The summed E-state index contributed by atoms with van der Waals surface area (Å²) in [6.45, 7) is 3.80. The standard InChI is InChI=1S/C16H17ClN4O2/c17-12-1-2-15-13(9-12)14(10-18)19-21(15)11-20-5-3-16(4-6-20)22-7-8-23-16/h1-2,9H,3-8,11H2. The summed E-state index contributed by atoms with van der Waals surface area (Å²) in [5, 5.41) is 15.1. The predicted molar refractivity (Wildman–Crippen MR) is 84.9 cm³/mol. The maximum atomic E-state index is 9.27. The summed E-state index contributed by atoms with van der Waals surface area (Å²) in [4.78, 5) is 2.30. The van der Waals surface area contributed by atoms with Crippen LogP contribution >= 0.6 is 11.6 Å². The normalized spacial score (nSPS) is 21.0. The molecule has 0 atom stereocenters. The molecule has 1 aromatic heterocycles. The molecule has 2 aliphatic rings. The number of piperidine rings is 1. The molecule has 1 aromatic carbocycles. The Labute approximate surface area is 139 Å². The lowest BCUT2D eigenvalue weighted by Gasteiger charge is -2.37. The first kappa shape index (κ1) is 14.9. The SMILES string of the molecule is N#Cc1nn(CN2CCC3(CC2)OCCO3)c2ccc(Cl)cc12. The van der Waals surface area contributed by atoms with E-state index < -0.39 is 0 Å². The average Bonchev–Trinajstić information content (AvgIpc) is 3.15. The molecule has 7 heteroatoms. The summed E-state index contributed by atoms with van der Waals surface area (Å²) in [5.41, 5.74) is 1.35. The van der Waals surface area contributed by atoms with Gasteiger partial charge in [0.1, 0.15) is 6.07 Å². The van der Waals surface area contributed by atoms with Gasteiger partial charge in [0.05, 0.1) is 25.4 Å². The van der Waals surface area contributed by atoms with Crippen LogP contribution in [-0.2, 0) is 16.1 Å². The summed E-state index contributed by atoms with van der Waals surface area (Å²) in [6, 6.07) is 7.69. The Morgan fingerprint density at radius 2 is 2.00 bits per heavy atom. The van der Waals surface area contributed by atoms with Gasteiger partial charge in [-0.1, -0.05) is 11.6 Å². The van der Waals surface area contributed by atoms with Crippen molar-refractivity contribution in [3.05, 3.63) is 28.9 Å². The van der Waals surface area contributed by atoms with Crippen molar-refractivity contribution in [2.24, 2.45) is 0 Å². The van der Waals surface area contributed by atoms with Gasteiger partial charge < -0.3 is 9.47 Å². The number of rotatable bonds is 2. The van der Waals surface area contributed by atoms with E-state index in [2.05, 4.69) is 16.1 Å². The minimum atomic E-state index is -0.367. The summed E-state index contributed by atoms with van der Waals surface area (Å²) in [5.74, 6) is -0.367. The van der Waals surface area contributed by atoms with E-state index in [0.29, 0.717) is 30.6 Å². The fraction of sp³-hybridized carbons (Fsp3) is 0.500. The lowest BCUT2D eigenvalue weighted by atomic mass is 10.0. The molecule has 6 nitrogen and oxygen atoms in total. The Bertz CT molecular complexity index is 766. The second kappa shape index (κ2) is 5.77. The number of nitriles is 1. The van der Waals surface area contributed by atoms with Gasteiger partial charge in [0.25, 0.3) is 0 Å². The zero-order valence-electron chi connectivity index (χ0n) is 12.7. The Kier molecular flexibility index (Phi) is 3.74. The Morgan fingerprint density at radius 3 is 2.70 bits per heavy atom.